The smallest absolute Gasteiger partial charge is 0.236 e. The van der Waals surface area contributed by atoms with Gasteiger partial charge in [-0.15, -0.1) is 11.3 Å². The monoisotopic (exact) mass is 530 g/mol. The molecular weight excluding hydrogens is 492 g/mol. The molecule has 2 aromatic heterocycles. The third-order valence-electron chi connectivity index (χ3n) is 6.45. The molecule has 4 aromatic rings. The number of nitrogens with zero attached hydrogens (tertiary/aromatic N) is 2. The standard InChI is InChI=1S/C32H38N2O3S/c1-3-4-5-6-7-8-12-16-29(27-14-10-9-11-15-27)34-36-23-26-18-20-28(21-19-26)35-24-30-25(2)37-32(33-30)31-17-13-22-38-31/h9-11,13-15,17-22H,3-8,12,16,23-24H2,1-2H3. The van der Waals surface area contributed by atoms with E-state index in [0.29, 0.717) is 19.1 Å². The van der Waals surface area contributed by atoms with Crippen LogP contribution in [0, 0.1) is 6.92 Å². The number of hydrogen-bond donors (Lipinski definition) is 0. The minimum atomic E-state index is 0.361. The van der Waals surface area contributed by atoms with Crippen molar-refractivity contribution in [3.63, 3.8) is 0 Å². The van der Waals surface area contributed by atoms with Gasteiger partial charge < -0.3 is 14.0 Å². The molecule has 0 saturated heterocycles. The molecule has 5 nitrogen and oxygen atoms in total. The molecule has 200 valence electrons. The highest BCUT2D eigenvalue weighted by Gasteiger charge is 2.13. The number of oxime groups is 1. The molecule has 0 spiro atoms. The Balaban J connectivity index is 1.26. The molecular formula is C32H38N2O3S. The van der Waals surface area contributed by atoms with Crippen molar-refractivity contribution >= 4 is 17.0 Å². The molecule has 2 heterocycles. The summed E-state index contributed by atoms with van der Waals surface area (Å²) in [7, 11) is 0. The van der Waals surface area contributed by atoms with E-state index in [1.54, 1.807) is 11.3 Å². The Labute approximate surface area is 230 Å². The van der Waals surface area contributed by atoms with E-state index in [1.807, 2.05) is 54.8 Å². The van der Waals surface area contributed by atoms with Crippen LogP contribution in [0.25, 0.3) is 10.8 Å². The summed E-state index contributed by atoms with van der Waals surface area (Å²) < 4.78 is 11.8. The SMILES string of the molecule is CCCCCCCCCC(=NOCc1ccc(OCc2nc(-c3cccs3)oc2C)cc1)c1ccccc1. The van der Waals surface area contributed by atoms with Gasteiger partial charge in [-0.25, -0.2) is 4.98 Å². The second kappa shape index (κ2) is 15.1. The lowest BCUT2D eigenvalue weighted by molar-refractivity contribution is 0.130. The molecule has 2 aromatic carbocycles. The second-order valence-electron chi connectivity index (χ2n) is 9.48. The first-order valence-electron chi connectivity index (χ1n) is 13.7. The fourth-order valence-corrected chi connectivity index (χ4v) is 4.86. The Hall–Kier alpha value is -3.38. The Morgan fingerprint density at radius 2 is 1.63 bits per heavy atom. The van der Waals surface area contributed by atoms with Crippen molar-refractivity contribution in [2.45, 2.75) is 78.4 Å². The van der Waals surface area contributed by atoms with E-state index in [2.05, 4.69) is 41.3 Å². The predicted molar refractivity (Wildman–Crippen MR) is 156 cm³/mol. The molecule has 0 amide bonds. The summed E-state index contributed by atoms with van der Waals surface area (Å²) in [6.07, 6.45) is 9.90. The van der Waals surface area contributed by atoms with Gasteiger partial charge in [-0.3, -0.25) is 0 Å². The molecule has 0 bridgehead atoms. The quantitative estimate of drug-likeness (QED) is 0.0822. The van der Waals surface area contributed by atoms with Gasteiger partial charge in [0, 0.05) is 0 Å². The Morgan fingerprint density at radius 3 is 2.37 bits per heavy atom. The molecule has 0 fully saturated rings. The maximum absolute atomic E-state index is 5.96. The fourth-order valence-electron chi connectivity index (χ4n) is 4.21. The van der Waals surface area contributed by atoms with E-state index in [1.165, 1.54) is 38.5 Å². The van der Waals surface area contributed by atoms with Gasteiger partial charge in [-0.2, -0.15) is 0 Å². The molecule has 0 unspecified atom stereocenters. The number of benzene rings is 2. The molecule has 0 N–H and O–H groups in total. The molecule has 4 rings (SSSR count). The van der Waals surface area contributed by atoms with Gasteiger partial charge in [-0.05, 0) is 54.5 Å². The molecule has 0 aliphatic carbocycles. The van der Waals surface area contributed by atoms with Gasteiger partial charge in [0.15, 0.2) is 0 Å². The van der Waals surface area contributed by atoms with Crippen LogP contribution in [0.3, 0.4) is 0 Å². The molecule has 0 radical (unpaired) electrons. The van der Waals surface area contributed by atoms with Gasteiger partial charge in [-0.1, -0.05) is 99.1 Å². The van der Waals surface area contributed by atoms with Crippen molar-refractivity contribution in [2.24, 2.45) is 5.16 Å². The Kier molecular flexibility index (Phi) is 11.0. The molecule has 38 heavy (non-hydrogen) atoms. The number of oxazole rings is 1. The number of ether oxygens (including phenoxy) is 1. The van der Waals surface area contributed by atoms with Crippen molar-refractivity contribution in [2.75, 3.05) is 0 Å². The number of unbranched alkanes of at least 4 members (excludes halogenated alkanes) is 6. The molecule has 0 saturated carbocycles. The van der Waals surface area contributed by atoms with Crippen LogP contribution in [0.5, 0.6) is 5.75 Å². The first-order valence-corrected chi connectivity index (χ1v) is 14.6. The van der Waals surface area contributed by atoms with Crippen molar-refractivity contribution in [3.05, 3.63) is 94.7 Å². The van der Waals surface area contributed by atoms with Crippen LogP contribution in [-0.2, 0) is 18.1 Å². The Morgan fingerprint density at radius 1 is 0.868 bits per heavy atom. The van der Waals surface area contributed by atoms with Crippen molar-refractivity contribution in [1.82, 2.24) is 4.98 Å². The Bertz CT molecular complexity index is 1230. The maximum Gasteiger partial charge on any atom is 0.236 e. The second-order valence-corrected chi connectivity index (χ2v) is 10.4. The zero-order chi connectivity index (χ0) is 26.4. The topological polar surface area (TPSA) is 56.9 Å². The molecule has 6 heteroatoms. The third kappa shape index (κ3) is 8.59. The van der Waals surface area contributed by atoms with Crippen LogP contribution < -0.4 is 4.74 Å². The largest absolute Gasteiger partial charge is 0.487 e. The zero-order valence-corrected chi connectivity index (χ0v) is 23.3. The minimum absolute atomic E-state index is 0.361. The molecule has 0 aliphatic heterocycles. The molecule has 0 aliphatic rings. The first-order chi connectivity index (χ1) is 18.7. The number of thiophene rings is 1. The van der Waals surface area contributed by atoms with E-state index in [0.717, 1.165) is 51.8 Å². The lowest BCUT2D eigenvalue weighted by atomic mass is 10.0. The summed E-state index contributed by atoms with van der Waals surface area (Å²) in [5, 5.41) is 6.55. The predicted octanol–water partition coefficient (Wildman–Crippen LogP) is 9.35. The maximum atomic E-state index is 5.96. The van der Waals surface area contributed by atoms with Crippen LogP contribution in [-0.4, -0.2) is 10.7 Å². The van der Waals surface area contributed by atoms with Crippen LogP contribution in [0.1, 0.15) is 80.9 Å². The average Bonchev–Trinajstić information content (AvgIpc) is 3.61. The number of aryl methyl sites for hydroxylation is 1. The van der Waals surface area contributed by atoms with E-state index >= 15 is 0 Å². The van der Waals surface area contributed by atoms with Crippen LogP contribution in [0.4, 0.5) is 0 Å². The molecule has 0 atom stereocenters. The van der Waals surface area contributed by atoms with Crippen molar-refractivity contribution < 1.29 is 14.0 Å². The van der Waals surface area contributed by atoms with Gasteiger partial charge in [0.1, 0.15) is 30.4 Å². The van der Waals surface area contributed by atoms with E-state index in [-0.39, 0.29) is 0 Å². The number of hydrogen-bond acceptors (Lipinski definition) is 6. The van der Waals surface area contributed by atoms with Gasteiger partial charge >= 0.3 is 0 Å². The lowest BCUT2D eigenvalue weighted by Gasteiger charge is -2.09. The van der Waals surface area contributed by atoms with Gasteiger partial charge in [0.2, 0.25) is 5.89 Å². The lowest BCUT2D eigenvalue weighted by Crippen LogP contribution is -2.03. The van der Waals surface area contributed by atoms with Crippen LogP contribution >= 0.6 is 11.3 Å². The average molecular weight is 531 g/mol. The van der Waals surface area contributed by atoms with E-state index in [9.17, 15) is 0 Å². The summed E-state index contributed by atoms with van der Waals surface area (Å²) in [5.41, 5.74) is 4.00. The zero-order valence-electron chi connectivity index (χ0n) is 22.5. The highest BCUT2D eigenvalue weighted by Crippen LogP contribution is 2.26. The van der Waals surface area contributed by atoms with E-state index in [4.69, 9.17) is 14.0 Å². The summed E-state index contributed by atoms with van der Waals surface area (Å²) in [6.45, 7) is 4.95. The fraction of sp³-hybridized carbons (Fsp3) is 0.375. The number of rotatable bonds is 16. The van der Waals surface area contributed by atoms with Crippen molar-refractivity contribution in [3.8, 4) is 16.5 Å². The van der Waals surface area contributed by atoms with E-state index < -0.39 is 0 Å². The highest BCUT2D eigenvalue weighted by molar-refractivity contribution is 7.13. The van der Waals surface area contributed by atoms with Gasteiger partial charge in [0.05, 0.1) is 10.6 Å². The highest BCUT2D eigenvalue weighted by atomic mass is 32.1. The number of aromatic nitrogens is 1. The third-order valence-corrected chi connectivity index (χ3v) is 7.31. The summed E-state index contributed by atoms with van der Waals surface area (Å²) in [4.78, 5) is 11.4. The van der Waals surface area contributed by atoms with Crippen molar-refractivity contribution in [1.29, 1.82) is 0 Å². The first kappa shape index (κ1) is 27.6. The minimum Gasteiger partial charge on any atom is -0.487 e. The van der Waals surface area contributed by atoms with Gasteiger partial charge in [0.25, 0.3) is 0 Å². The van der Waals surface area contributed by atoms with Crippen LogP contribution in [0.2, 0.25) is 0 Å². The van der Waals surface area contributed by atoms with Crippen LogP contribution in [0.15, 0.2) is 81.7 Å². The normalized spacial score (nSPS) is 11.6. The summed E-state index contributed by atoms with van der Waals surface area (Å²) >= 11 is 1.61. The summed E-state index contributed by atoms with van der Waals surface area (Å²) in [5.74, 6) is 2.20. The summed E-state index contributed by atoms with van der Waals surface area (Å²) in [6, 6.07) is 22.3.